The number of piperidine rings is 1. The highest BCUT2D eigenvalue weighted by Crippen LogP contribution is 2.32. The van der Waals surface area contributed by atoms with Gasteiger partial charge in [0.1, 0.15) is 5.75 Å². The Balaban J connectivity index is 1.31. The van der Waals surface area contributed by atoms with Crippen LogP contribution in [-0.2, 0) is 0 Å². The topological polar surface area (TPSA) is 76.6 Å². The van der Waals surface area contributed by atoms with Gasteiger partial charge in [0.05, 0.1) is 26.1 Å². The van der Waals surface area contributed by atoms with Crippen molar-refractivity contribution in [3.8, 4) is 11.6 Å². The van der Waals surface area contributed by atoms with Gasteiger partial charge < -0.3 is 14.4 Å². The van der Waals surface area contributed by atoms with Gasteiger partial charge in [-0.2, -0.15) is 0 Å². The van der Waals surface area contributed by atoms with Crippen molar-refractivity contribution in [3.63, 3.8) is 0 Å². The molecule has 1 aromatic carbocycles. The van der Waals surface area contributed by atoms with Gasteiger partial charge in [-0.05, 0) is 42.4 Å². The van der Waals surface area contributed by atoms with Gasteiger partial charge in [0.25, 0.3) is 0 Å². The van der Waals surface area contributed by atoms with E-state index in [1.165, 1.54) is 37.9 Å². The second-order valence-corrected chi connectivity index (χ2v) is 8.34. The number of ether oxygens (including phenoxy) is 2. The first-order valence-electron chi connectivity index (χ1n) is 11.0. The van der Waals surface area contributed by atoms with E-state index in [-0.39, 0.29) is 11.9 Å². The second kappa shape index (κ2) is 9.81. The van der Waals surface area contributed by atoms with Gasteiger partial charge in [0.15, 0.2) is 5.82 Å². The largest absolute Gasteiger partial charge is 0.494 e. The van der Waals surface area contributed by atoms with Gasteiger partial charge in [-0.25, -0.2) is 14.8 Å². The number of benzene rings is 1. The Morgan fingerprint density at radius 2 is 2.16 bits per heavy atom. The fourth-order valence-electron chi connectivity index (χ4n) is 3.78. The molecule has 0 radical (unpaired) electrons. The van der Waals surface area contributed by atoms with Gasteiger partial charge in [-0.3, -0.25) is 5.32 Å². The Bertz CT molecular complexity index is 925. The van der Waals surface area contributed by atoms with Crippen LogP contribution in [0.1, 0.15) is 38.2 Å². The van der Waals surface area contributed by atoms with Crippen molar-refractivity contribution < 1.29 is 14.3 Å². The van der Waals surface area contributed by atoms with E-state index in [1.54, 1.807) is 0 Å². The lowest BCUT2D eigenvalue weighted by Crippen LogP contribution is -2.42. The van der Waals surface area contributed by atoms with Crippen molar-refractivity contribution in [1.82, 2.24) is 14.9 Å². The minimum atomic E-state index is -0.156. The van der Waals surface area contributed by atoms with E-state index in [0.717, 1.165) is 36.7 Å². The average molecular weight is 423 g/mol. The zero-order valence-corrected chi connectivity index (χ0v) is 18.2. The molecule has 0 spiro atoms. The summed E-state index contributed by atoms with van der Waals surface area (Å²) < 4.78 is 10.9. The molecule has 31 heavy (non-hydrogen) atoms. The third-order valence-electron chi connectivity index (χ3n) is 5.86. The van der Waals surface area contributed by atoms with E-state index in [2.05, 4.69) is 40.4 Å². The Labute approximate surface area is 183 Å². The first-order chi connectivity index (χ1) is 15.1. The van der Waals surface area contributed by atoms with E-state index in [4.69, 9.17) is 9.47 Å². The molecule has 1 N–H and O–H groups in total. The van der Waals surface area contributed by atoms with Crippen molar-refractivity contribution in [2.45, 2.75) is 32.6 Å². The summed E-state index contributed by atoms with van der Waals surface area (Å²) in [6.45, 7) is 4.29. The summed E-state index contributed by atoms with van der Waals surface area (Å²) >= 11 is 0. The summed E-state index contributed by atoms with van der Waals surface area (Å²) in [5.74, 6) is 2.92. The van der Waals surface area contributed by atoms with Crippen LogP contribution in [0.2, 0.25) is 0 Å². The number of nitrogens with one attached hydrogen (secondary N) is 1. The van der Waals surface area contributed by atoms with E-state index < -0.39 is 0 Å². The number of carbonyl (C=O) groups is 1. The third-order valence-corrected chi connectivity index (χ3v) is 5.86. The number of amides is 2. The molecule has 1 atom stereocenters. The summed E-state index contributed by atoms with van der Waals surface area (Å²) in [5, 5.41) is 2.81. The van der Waals surface area contributed by atoms with Crippen LogP contribution in [0, 0.1) is 11.8 Å². The summed E-state index contributed by atoms with van der Waals surface area (Å²) in [7, 11) is 1.53. The molecule has 1 aliphatic carbocycles. The molecule has 1 aromatic heterocycles. The molecule has 4 rings (SSSR count). The molecule has 2 heterocycles. The summed E-state index contributed by atoms with van der Waals surface area (Å²) in [4.78, 5) is 22.7. The van der Waals surface area contributed by atoms with Crippen molar-refractivity contribution >= 4 is 17.9 Å². The zero-order valence-electron chi connectivity index (χ0n) is 18.2. The van der Waals surface area contributed by atoms with E-state index in [1.807, 2.05) is 17.0 Å². The summed E-state index contributed by atoms with van der Waals surface area (Å²) in [6.07, 6.45) is 9.93. The second-order valence-electron chi connectivity index (χ2n) is 8.34. The van der Waals surface area contributed by atoms with Crippen LogP contribution in [0.3, 0.4) is 0 Å². The first kappa shape index (κ1) is 21.2. The number of aromatic nitrogens is 2. The molecule has 2 fully saturated rings. The molecule has 0 bridgehead atoms. The van der Waals surface area contributed by atoms with Crippen molar-refractivity contribution in [2.75, 3.05) is 32.1 Å². The molecule has 2 aliphatic rings. The molecule has 2 amide bonds. The summed E-state index contributed by atoms with van der Waals surface area (Å²) in [6, 6.07) is 8.12. The monoisotopic (exact) mass is 422 g/mol. The SMILES string of the molecule is COc1cnc(NC(=O)N2CCC(=Cc3cccc(OCCC4CC4)c3)C(C)C2)cn1. The van der Waals surface area contributed by atoms with E-state index in [9.17, 15) is 4.79 Å². The fraction of sp³-hybridized carbons (Fsp3) is 0.458. The lowest BCUT2D eigenvalue weighted by Gasteiger charge is -2.33. The number of likely N-dealkylation sites (tertiary alicyclic amines) is 1. The quantitative estimate of drug-likeness (QED) is 0.704. The maximum atomic E-state index is 12.6. The number of anilines is 1. The van der Waals surface area contributed by atoms with Crippen LogP contribution >= 0.6 is 0 Å². The van der Waals surface area contributed by atoms with E-state index in [0.29, 0.717) is 24.8 Å². The Kier molecular flexibility index (Phi) is 6.70. The van der Waals surface area contributed by atoms with E-state index >= 15 is 0 Å². The minimum absolute atomic E-state index is 0.156. The molecule has 2 aromatic rings. The molecule has 164 valence electrons. The fourth-order valence-corrected chi connectivity index (χ4v) is 3.78. The van der Waals surface area contributed by atoms with Crippen LogP contribution in [0.25, 0.3) is 6.08 Å². The number of hydrogen-bond donors (Lipinski definition) is 1. The number of methoxy groups -OCH3 is 1. The number of rotatable bonds is 7. The molecule has 1 aliphatic heterocycles. The van der Waals surface area contributed by atoms with Crippen molar-refractivity contribution in [3.05, 3.63) is 47.8 Å². The van der Waals surface area contributed by atoms with Gasteiger partial charge in [-0.1, -0.05) is 43.5 Å². The van der Waals surface area contributed by atoms with Crippen LogP contribution in [-0.4, -0.2) is 47.7 Å². The minimum Gasteiger partial charge on any atom is -0.494 e. The number of carbonyl (C=O) groups excluding carboxylic acids is 1. The predicted molar refractivity (Wildman–Crippen MR) is 120 cm³/mol. The maximum absolute atomic E-state index is 12.6. The van der Waals surface area contributed by atoms with Crippen LogP contribution in [0.15, 0.2) is 42.2 Å². The first-order valence-corrected chi connectivity index (χ1v) is 11.0. The highest BCUT2D eigenvalue weighted by molar-refractivity contribution is 5.88. The highest BCUT2D eigenvalue weighted by atomic mass is 16.5. The lowest BCUT2D eigenvalue weighted by molar-refractivity contribution is 0.197. The lowest BCUT2D eigenvalue weighted by atomic mass is 9.91. The standard InChI is InChI=1S/C24H30N4O3/c1-17-16-28(24(29)27-22-14-26-23(30-2)15-25-22)10-8-20(17)12-19-4-3-5-21(13-19)31-11-9-18-6-7-18/h3-5,12-15,17-18H,6-11,16H2,1-2H3,(H,25,27,29). The highest BCUT2D eigenvalue weighted by Gasteiger charge is 2.25. The summed E-state index contributed by atoms with van der Waals surface area (Å²) in [5.41, 5.74) is 2.50. The number of hydrogen-bond acceptors (Lipinski definition) is 5. The molecule has 1 unspecified atom stereocenters. The molecule has 1 saturated heterocycles. The van der Waals surface area contributed by atoms with Crippen molar-refractivity contribution in [2.24, 2.45) is 11.8 Å². The molecule has 7 heteroatoms. The van der Waals surface area contributed by atoms with Gasteiger partial charge in [0, 0.05) is 13.1 Å². The zero-order chi connectivity index (χ0) is 21.6. The Hall–Kier alpha value is -3.09. The average Bonchev–Trinajstić information content (AvgIpc) is 3.60. The number of urea groups is 1. The molecule has 7 nitrogen and oxygen atoms in total. The third kappa shape index (κ3) is 5.96. The van der Waals surface area contributed by atoms with Crippen LogP contribution < -0.4 is 14.8 Å². The molecular formula is C24H30N4O3. The Morgan fingerprint density at radius 3 is 2.87 bits per heavy atom. The van der Waals surface area contributed by atoms with Crippen molar-refractivity contribution in [1.29, 1.82) is 0 Å². The molecular weight excluding hydrogens is 392 g/mol. The molecule has 1 saturated carbocycles. The number of nitrogens with zero attached hydrogens (tertiary/aromatic N) is 3. The Morgan fingerprint density at radius 1 is 1.29 bits per heavy atom. The van der Waals surface area contributed by atoms with Gasteiger partial charge in [-0.15, -0.1) is 0 Å². The van der Waals surface area contributed by atoms with Crippen LogP contribution in [0.4, 0.5) is 10.6 Å². The van der Waals surface area contributed by atoms with Gasteiger partial charge in [0.2, 0.25) is 5.88 Å². The van der Waals surface area contributed by atoms with Crippen LogP contribution in [0.5, 0.6) is 11.6 Å². The smallest absolute Gasteiger partial charge is 0.323 e. The van der Waals surface area contributed by atoms with Gasteiger partial charge >= 0.3 is 6.03 Å². The maximum Gasteiger partial charge on any atom is 0.323 e. The normalized spacial score (nSPS) is 19.9. The predicted octanol–water partition coefficient (Wildman–Crippen LogP) is 4.62.